The van der Waals surface area contributed by atoms with Crippen LogP contribution in [0, 0.1) is 12.8 Å². The number of hydrogen-bond acceptors (Lipinski definition) is 1. The molecule has 3 rings (SSSR count). The minimum atomic E-state index is 0.109. The van der Waals surface area contributed by atoms with Crippen LogP contribution in [0.3, 0.4) is 0 Å². The summed E-state index contributed by atoms with van der Waals surface area (Å²) < 4.78 is 0. The van der Waals surface area contributed by atoms with Gasteiger partial charge in [0.15, 0.2) is 0 Å². The summed E-state index contributed by atoms with van der Waals surface area (Å²) >= 11 is 0. The van der Waals surface area contributed by atoms with Crippen molar-refractivity contribution in [1.82, 2.24) is 5.32 Å². The molecule has 17 heavy (non-hydrogen) atoms. The smallest absolute Gasteiger partial charge is 0.251 e. The fourth-order valence-corrected chi connectivity index (χ4v) is 3.53. The molecule has 0 radical (unpaired) electrons. The van der Waals surface area contributed by atoms with Gasteiger partial charge in [-0.2, -0.15) is 0 Å². The largest absolute Gasteiger partial charge is 0.351 e. The van der Waals surface area contributed by atoms with Gasteiger partial charge in [0.1, 0.15) is 0 Å². The Morgan fingerprint density at radius 2 is 2.00 bits per heavy atom. The number of hydrogen-bond donors (Lipinski definition) is 1. The molecule has 1 aromatic carbocycles. The standard InChI is InChI=1S/C15H19NO/c1-10-5-4-8-12-14(10)13(9-16-15(12)17)11-6-2-3-7-11/h4-5,8,11,13H,2-3,6-7,9H2,1H3,(H,16,17). The molecule has 1 aliphatic heterocycles. The maximum atomic E-state index is 11.9. The highest BCUT2D eigenvalue weighted by atomic mass is 16.1. The van der Waals surface area contributed by atoms with E-state index in [0.717, 1.165) is 18.0 Å². The van der Waals surface area contributed by atoms with E-state index in [-0.39, 0.29) is 5.91 Å². The minimum Gasteiger partial charge on any atom is -0.351 e. The van der Waals surface area contributed by atoms with Crippen molar-refractivity contribution < 1.29 is 4.79 Å². The van der Waals surface area contributed by atoms with Crippen LogP contribution < -0.4 is 5.32 Å². The van der Waals surface area contributed by atoms with Crippen molar-refractivity contribution in [2.45, 2.75) is 38.5 Å². The number of nitrogens with one attached hydrogen (secondary N) is 1. The van der Waals surface area contributed by atoms with Gasteiger partial charge in [-0.25, -0.2) is 0 Å². The number of rotatable bonds is 1. The Morgan fingerprint density at radius 1 is 1.24 bits per heavy atom. The molecule has 1 amide bonds. The van der Waals surface area contributed by atoms with Crippen LogP contribution >= 0.6 is 0 Å². The molecule has 1 atom stereocenters. The zero-order valence-electron chi connectivity index (χ0n) is 10.3. The summed E-state index contributed by atoms with van der Waals surface area (Å²) in [4.78, 5) is 11.9. The first kappa shape index (κ1) is 10.8. The van der Waals surface area contributed by atoms with Crippen LogP contribution in [0.4, 0.5) is 0 Å². The molecule has 1 aromatic rings. The minimum absolute atomic E-state index is 0.109. The molecule has 1 saturated carbocycles. The number of amides is 1. The van der Waals surface area contributed by atoms with Crippen molar-refractivity contribution in [3.63, 3.8) is 0 Å². The molecule has 1 unspecified atom stereocenters. The van der Waals surface area contributed by atoms with E-state index in [0.29, 0.717) is 5.92 Å². The molecule has 1 heterocycles. The Kier molecular flexibility index (Phi) is 2.65. The first-order valence-electron chi connectivity index (χ1n) is 6.65. The van der Waals surface area contributed by atoms with E-state index in [2.05, 4.69) is 18.3 Å². The molecule has 2 heteroatoms. The van der Waals surface area contributed by atoms with E-state index in [9.17, 15) is 4.79 Å². The normalized spacial score (nSPS) is 24.5. The zero-order chi connectivity index (χ0) is 11.8. The van der Waals surface area contributed by atoms with Crippen LogP contribution in [0.1, 0.15) is 53.1 Å². The molecular weight excluding hydrogens is 210 g/mol. The molecule has 2 aliphatic rings. The Bertz CT molecular complexity index is 446. The van der Waals surface area contributed by atoms with Crippen molar-refractivity contribution in [2.24, 2.45) is 5.92 Å². The lowest BCUT2D eigenvalue weighted by Crippen LogP contribution is -2.37. The lowest BCUT2D eigenvalue weighted by atomic mass is 9.78. The van der Waals surface area contributed by atoms with Crippen LogP contribution in [0.5, 0.6) is 0 Å². The molecule has 0 aromatic heterocycles. The molecule has 0 bridgehead atoms. The maximum Gasteiger partial charge on any atom is 0.251 e. The van der Waals surface area contributed by atoms with Crippen molar-refractivity contribution in [1.29, 1.82) is 0 Å². The lowest BCUT2D eigenvalue weighted by molar-refractivity contribution is 0.0934. The summed E-state index contributed by atoms with van der Waals surface area (Å²) in [5.74, 6) is 1.43. The van der Waals surface area contributed by atoms with E-state index in [1.807, 2.05) is 12.1 Å². The van der Waals surface area contributed by atoms with E-state index in [4.69, 9.17) is 0 Å². The van der Waals surface area contributed by atoms with Gasteiger partial charge in [-0.05, 0) is 42.9 Å². The highest BCUT2D eigenvalue weighted by Gasteiger charge is 2.33. The summed E-state index contributed by atoms with van der Waals surface area (Å²) in [5.41, 5.74) is 3.52. The van der Waals surface area contributed by atoms with Crippen LogP contribution in [0.2, 0.25) is 0 Å². The second-order valence-electron chi connectivity index (χ2n) is 5.40. The summed E-state index contributed by atoms with van der Waals surface area (Å²) in [7, 11) is 0. The fraction of sp³-hybridized carbons (Fsp3) is 0.533. The van der Waals surface area contributed by atoms with Gasteiger partial charge in [-0.3, -0.25) is 4.79 Å². The van der Waals surface area contributed by atoms with Gasteiger partial charge < -0.3 is 5.32 Å². The molecule has 2 nitrogen and oxygen atoms in total. The van der Waals surface area contributed by atoms with Gasteiger partial charge in [0.25, 0.3) is 5.91 Å². The third-order valence-electron chi connectivity index (χ3n) is 4.39. The highest BCUT2D eigenvalue weighted by Crippen LogP contribution is 2.40. The van der Waals surface area contributed by atoms with E-state index < -0.39 is 0 Å². The van der Waals surface area contributed by atoms with Crippen molar-refractivity contribution in [3.8, 4) is 0 Å². The lowest BCUT2D eigenvalue weighted by Gasteiger charge is -2.31. The molecule has 0 saturated heterocycles. The number of aryl methyl sites for hydroxylation is 1. The SMILES string of the molecule is Cc1cccc2c1C(C1CCCC1)CNC2=O. The van der Waals surface area contributed by atoms with Crippen molar-refractivity contribution in [2.75, 3.05) is 6.54 Å². The van der Waals surface area contributed by atoms with Gasteiger partial charge in [-0.15, -0.1) is 0 Å². The molecule has 1 N–H and O–H groups in total. The molecule has 1 fully saturated rings. The second kappa shape index (κ2) is 4.17. The Hall–Kier alpha value is -1.31. The van der Waals surface area contributed by atoms with Crippen LogP contribution in [0.25, 0.3) is 0 Å². The average molecular weight is 229 g/mol. The first-order valence-corrected chi connectivity index (χ1v) is 6.65. The van der Waals surface area contributed by atoms with Gasteiger partial charge in [0, 0.05) is 18.0 Å². The number of carbonyl (C=O) groups excluding carboxylic acids is 1. The topological polar surface area (TPSA) is 29.1 Å². The summed E-state index contributed by atoms with van der Waals surface area (Å²) in [6, 6.07) is 6.10. The van der Waals surface area contributed by atoms with Gasteiger partial charge in [0.05, 0.1) is 0 Å². The van der Waals surface area contributed by atoms with Crippen LogP contribution in [-0.4, -0.2) is 12.5 Å². The third-order valence-corrected chi connectivity index (χ3v) is 4.39. The monoisotopic (exact) mass is 229 g/mol. The number of fused-ring (bicyclic) bond motifs is 1. The van der Waals surface area contributed by atoms with Crippen molar-refractivity contribution >= 4 is 5.91 Å². The van der Waals surface area contributed by atoms with Gasteiger partial charge in [-0.1, -0.05) is 25.0 Å². The number of carbonyl (C=O) groups is 1. The second-order valence-corrected chi connectivity index (χ2v) is 5.40. The quantitative estimate of drug-likeness (QED) is 0.788. The molecular formula is C15H19NO. The average Bonchev–Trinajstić information content (AvgIpc) is 2.84. The summed E-state index contributed by atoms with van der Waals surface area (Å²) in [6.07, 6.45) is 5.37. The van der Waals surface area contributed by atoms with E-state index >= 15 is 0 Å². The predicted molar refractivity (Wildman–Crippen MR) is 68.2 cm³/mol. The Morgan fingerprint density at radius 3 is 2.76 bits per heavy atom. The predicted octanol–water partition coefficient (Wildman–Crippen LogP) is 3.01. The Balaban J connectivity index is 2.04. The third kappa shape index (κ3) is 1.76. The number of benzene rings is 1. The first-order chi connectivity index (χ1) is 8.27. The maximum absolute atomic E-state index is 11.9. The zero-order valence-corrected chi connectivity index (χ0v) is 10.3. The fourth-order valence-electron chi connectivity index (χ4n) is 3.53. The van der Waals surface area contributed by atoms with Crippen LogP contribution in [-0.2, 0) is 0 Å². The van der Waals surface area contributed by atoms with Gasteiger partial charge >= 0.3 is 0 Å². The van der Waals surface area contributed by atoms with Crippen molar-refractivity contribution in [3.05, 3.63) is 34.9 Å². The molecule has 1 aliphatic carbocycles. The summed E-state index contributed by atoms with van der Waals surface area (Å²) in [6.45, 7) is 2.97. The van der Waals surface area contributed by atoms with E-state index in [1.165, 1.54) is 36.8 Å². The molecule has 0 spiro atoms. The summed E-state index contributed by atoms with van der Waals surface area (Å²) in [5, 5.41) is 3.05. The van der Waals surface area contributed by atoms with Gasteiger partial charge in [0.2, 0.25) is 0 Å². The van der Waals surface area contributed by atoms with E-state index in [1.54, 1.807) is 0 Å². The molecule has 90 valence electrons. The van der Waals surface area contributed by atoms with Crippen LogP contribution in [0.15, 0.2) is 18.2 Å². The highest BCUT2D eigenvalue weighted by molar-refractivity contribution is 5.97. The Labute approximate surface area is 102 Å².